The average molecular weight is 379 g/mol. The smallest absolute Gasteiger partial charge is 0.230 e. The van der Waals surface area contributed by atoms with Crippen molar-refractivity contribution in [1.29, 1.82) is 0 Å². The summed E-state index contributed by atoms with van der Waals surface area (Å²) in [5.41, 5.74) is 3.71. The molecule has 27 heavy (non-hydrogen) atoms. The van der Waals surface area contributed by atoms with E-state index in [2.05, 4.69) is 39.0 Å². The van der Waals surface area contributed by atoms with Gasteiger partial charge in [0.05, 0.1) is 18.3 Å². The molecule has 0 aliphatic heterocycles. The number of carbonyl (C=O) groups is 1. The quantitative estimate of drug-likeness (QED) is 0.667. The maximum absolute atomic E-state index is 12.5. The molecule has 1 N–H and O–H groups in total. The molecule has 1 heterocycles. The summed E-state index contributed by atoms with van der Waals surface area (Å²) in [7, 11) is 0. The largest absolute Gasteiger partial charge is 0.349 e. The Morgan fingerprint density at radius 1 is 1.15 bits per heavy atom. The topological polar surface area (TPSA) is 72.7 Å². The van der Waals surface area contributed by atoms with Crippen molar-refractivity contribution >= 4 is 17.7 Å². The number of hydrogen-bond acceptors (Lipinski definition) is 5. The number of hydrogen-bond donors (Lipinski definition) is 1. The maximum atomic E-state index is 12.5. The number of tetrazole rings is 1. The first kappa shape index (κ1) is 17.7. The number of nitrogens with zero attached hydrogens (tertiary/aromatic N) is 4. The molecule has 1 aliphatic rings. The summed E-state index contributed by atoms with van der Waals surface area (Å²) >= 11 is 1.37. The summed E-state index contributed by atoms with van der Waals surface area (Å²) < 4.78 is 1.73. The second kappa shape index (κ2) is 8.35. The van der Waals surface area contributed by atoms with Crippen molar-refractivity contribution in [3.8, 4) is 0 Å². The highest BCUT2D eigenvalue weighted by Crippen LogP contribution is 2.29. The van der Waals surface area contributed by atoms with Gasteiger partial charge in [0.15, 0.2) is 0 Å². The Morgan fingerprint density at radius 3 is 2.85 bits per heavy atom. The Kier molecular flexibility index (Phi) is 5.48. The molecule has 4 rings (SSSR count). The van der Waals surface area contributed by atoms with Gasteiger partial charge in [0.1, 0.15) is 0 Å². The van der Waals surface area contributed by atoms with Gasteiger partial charge in [-0.3, -0.25) is 4.79 Å². The van der Waals surface area contributed by atoms with E-state index in [1.807, 2.05) is 36.4 Å². The molecule has 3 aromatic rings. The van der Waals surface area contributed by atoms with Crippen LogP contribution in [0.1, 0.15) is 35.6 Å². The zero-order valence-electron chi connectivity index (χ0n) is 14.9. The van der Waals surface area contributed by atoms with E-state index in [4.69, 9.17) is 0 Å². The standard InChI is InChI=1S/C20H21N5OS/c26-19(21-18-12-6-10-16-9-4-5-11-17(16)18)14-27-20-22-23-24-25(20)13-15-7-2-1-3-8-15/h1-5,7-9,11,18H,6,10,12-14H2,(H,21,26)/t18-/m1/s1. The third-order valence-electron chi connectivity index (χ3n) is 4.71. The Labute approximate surface area is 162 Å². The van der Waals surface area contributed by atoms with Crippen LogP contribution in [0.4, 0.5) is 0 Å². The van der Waals surface area contributed by atoms with Gasteiger partial charge in [0.25, 0.3) is 0 Å². The van der Waals surface area contributed by atoms with Crippen molar-refractivity contribution in [2.75, 3.05) is 5.75 Å². The van der Waals surface area contributed by atoms with E-state index in [0.717, 1.165) is 24.8 Å². The molecule has 1 aliphatic carbocycles. The van der Waals surface area contributed by atoms with E-state index in [0.29, 0.717) is 17.5 Å². The lowest BCUT2D eigenvalue weighted by Gasteiger charge is -2.26. The second-order valence-corrected chi connectivity index (χ2v) is 7.55. The number of amides is 1. The molecule has 0 unspecified atom stereocenters. The lowest BCUT2D eigenvalue weighted by Crippen LogP contribution is -2.32. The first-order valence-corrected chi connectivity index (χ1v) is 10.1. The van der Waals surface area contributed by atoms with Crippen LogP contribution in [0.2, 0.25) is 0 Å². The molecule has 2 aromatic carbocycles. The number of nitrogens with one attached hydrogen (secondary N) is 1. The summed E-state index contributed by atoms with van der Waals surface area (Å²) in [4.78, 5) is 12.5. The number of carbonyl (C=O) groups excluding carboxylic acids is 1. The summed E-state index contributed by atoms with van der Waals surface area (Å²) in [6.07, 6.45) is 3.18. The van der Waals surface area contributed by atoms with Crippen LogP contribution in [0.15, 0.2) is 59.8 Å². The maximum Gasteiger partial charge on any atom is 0.230 e. The number of fused-ring (bicyclic) bond motifs is 1. The number of aromatic nitrogens is 4. The van der Waals surface area contributed by atoms with Gasteiger partial charge in [0.2, 0.25) is 11.1 Å². The lowest BCUT2D eigenvalue weighted by molar-refractivity contribution is -0.119. The highest BCUT2D eigenvalue weighted by Gasteiger charge is 2.21. The monoisotopic (exact) mass is 379 g/mol. The zero-order chi connectivity index (χ0) is 18.5. The van der Waals surface area contributed by atoms with Crippen LogP contribution in [-0.2, 0) is 17.8 Å². The number of thioether (sulfide) groups is 1. The SMILES string of the molecule is O=C(CSc1nnnn1Cc1ccccc1)N[C@@H]1CCCc2ccccc21. The van der Waals surface area contributed by atoms with Crippen LogP contribution < -0.4 is 5.32 Å². The molecule has 1 amide bonds. The Morgan fingerprint density at radius 2 is 1.96 bits per heavy atom. The molecule has 0 saturated carbocycles. The first-order valence-electron chi connectivity index (χ1n) is 9.09. The predicted molar refractivity (Wildman–Crippen MR) is 104 cm³/mol. The number of rotatable bonds is 6. The van der Waals surface area contributed by atoms with Crippen molar-refractivity contribution in [3.63, 3.8) is 0 Å². The van der Waals surface area contributed by atoms with Gasteiger partial charge in [-0.2, -0.15) is 0 Å². The van der Waals surface area contributed by atoms with E-state index in [9.17, 15) is 4.79 Å². The summed E-state index contributed by atoms with van der Waals surface area (Å²) in [6, 6.07) is 18.5. The molecular weight excluding hydrogens is 358 g/mol. The third kappa shape index (κ3) is 4.36. The van der Waals surface area contributed by atoms with Crippen LogP contribution in [0.3, 0.4) is 0 Å². The number of aryl methyl sites for hydroxylation is 1. The van der Waals surface area contributed by atoms with Gasteiger partial charge in [0, 0.05) is 0 Å². The minimum Gasteiger partial charge on any atom is -0.349 e. The molecule has 1 aromatic heterocycles. The van der Waals surface area contributed by atoms with Crippen LogP contribution in [0.5, 0.6) is 0 Å². The molecule has 0 radical (unpaired) electrons. The molecule has 0 bridgehead atoms. The van der Waals surface area contributed by atoms with Crippen LogP contribution >= 0.6 is 11.8 Å². The Bertz CT molecular complexity index is 912. The highest BCUT2D eigenvalue weighted by atomic mass is 32.2. The normalized spacial score (nSPS) is 15.9. The number of benzene rings is 2. The minimum absolute atomic E-state index is 0.0102. The van der Waals surface area contributed by atoms with E-state index in [-0.39, 0.29) is 11.9 Å². The Hall–Kier alpha value is -2.67. The van der Waals surface area contributed by atoms with Crippen molar-refractivity contribution in [3.05, 3.63) is 71.3 Å². The van der Waals surface area contributed by atoms with Crippen LogP contribution in [0, 0.1) is 0 Å². The summed E-state index contributed by atoms with van der Waals surface area (Å²) in [5, 5.41) is 15.7. The summed E-state index contributed by atoms with van der Waals surface area (Å²) in [6.45, 7) is 0.591. The van der Waals surface area contributed by atoms with Crippen molar-refractivity contribution in [2.24, 2.45) is 0 Å². The molecule has 7 heteroatoms. The van der Waals surface area contributed by atoms with Crippen molar-refractivity contribution in [2.45, 2.75) is 37.0 Å². The average Bonchev–Trinajstić information content (AvgIpc) is 3.14. The molecular formula is C20H21N5OS. The third-order valence-corrected chi connectivity index (χ3v) is 5.67. The molecule has 0 fully saturated rings. The molecule has 0 saturated heterocycles. The minimum atomic E-state index is 0.0102. The molecule has 0 spiro atoms. The second-order valence-electron chi connectivity index (χ2n) is 6.60. The first-order chi connectivity index (χ1) is 13.3. The Balaban J connectivity index is 1.35. The van der Waals surface area contributed by atoms with Gasteiger partial charge < -0.3 is 5.32 Å². The van der Waals surface area contributed by atoms with Gasteiger partial charge in [-0.25, -0.2) is 4.68 Å². The van der Waals surface area contributed by atoms with E-state index < -0.39 is 0 Å². The van der Waals surface area contributed by atoms with Crippen molar-refractivity contribution in [1.82, 2.24) is 25.5 Å². The van der Waals surface area contributed by atoms with Gasteiger partial charge in [-0.15, -0.1) is 5.10 Å². The molecule has 138 valence electrons. The lowest BCUT2D eigenvalue weighted by atomic mass is 9.88. The van der Waals surface area contributed by atoms with E-state index in [1.165, 1.54) is 22.9 Å². The fraction of sp³-hybridized carbons (Fsp3) is 0.300. The van der Waals surface area contributed by atoms with E-state index >= 15 is 0 Å². The van der Waals surface area contributed by atoms with Gasteiger partial charge in [-0.1, -0.05) is 66.4 Å². The summed E-state index contributed by atoms with van der Waals surface area (Å²) in [5.74, 6) is 0.310. The van der Waals surface area contributed by atoms with Gasteiger partial charge >= 0.3 is 0 Å². The highest BCUT2D eigenvalue weighted by molar-refractivity contribution is 7.99. The van der Waals surface area contributed by atoms with Crippen molar-refractivity contribution < 1.29 is 4.79 Å². The van der Waals surface area contributed by atoms with E-state index in [1.54, 1.807) is 4.68 Å². The van der Waals surface area contributed by atoms with Crippen LogP contribution in [-0.4, -0.2) is 31.9 Å². The van der Waals surface area contributed by atoms with Crippen LogP contribution in [0.25, 0.3) is 0 Å². The molecule has 1 atom stereocenters. The molecule has 6 nitrogen and oxygen atoms in total. The fourth-order valence-electron chi connectivity index (χ4n) is 3.43. The zero-order valence-corrected chi connectivity index (χ0v) is 15.7. The predicted octanol–water partition coefficient (Wildman–Crippen LogP) is 3.01. The van der Waals surface area contributed by atoms with Gasteiger partial charge in [-0.05, 0) is 46.4 Å². The fourth-order valence-corrected chi connectivity index (χ4v) is 4.11.